The molecule has 0 amide bonds. The van der Waals surface area contributed by atoms with Gasteiger partial charge in [0.05, 0.1) is 6.61 Å². The molecule has 0 saturated carbocycles. The lowest BCUT2D eigenvalue weighted by Crippen LogP contribution is -2.37. The van der Waals surface area contributed by atoms with E-state index in [2.05, 4.69) is 9.98 Å². The smallest absolute Gasteiger partial charge is 0.330 e. The van der Waals surface area contributed by atoms with E-state index >= 15 is 0 Å². The zero-order chi connectivity index (χ0) is 17.3. The molecule has 0 radical (unpaired) electrons. The molecule has 0 aliphatic carbocycles. The number of hydrogen-bond acceptors (Lipinski definition) is 8. The molecule has 1 aliphatic rings. The van der Waals surface area contributed by atoms with Crippen LogP contribution >= 0.6 is 11.3 Å². The van der Waals surface area contributed by atoms with E-state index in [1.807, 2.05) is 17.5 Å². The lowest BCUT2D eigenvalue weighted by Gasteiger charge is -2.17. The van der Waals surface area contributed by atoms with Crippen LogP contribution < -0.4 is 11.2 Å². The lowest BCUT2D eigenvalue weighted by atomic mass is 10.1. The van der Waals surface area contributed by atoms with Crippen LogP contribution in [0.5, 0.6) is 0 Å². The third kappa shape index (κ3) is 3.09. The Bertz CT molecular complexity index is 843. The van der Waals surface area contributed by atoms with E-state index in [4.69, 9.17) is 9.84 Å². The van der Waals surface area contributed by atoms with Crippen molar-refractivity contribution in [3.05, 3.63) is 49.4 Å². The summed E-state index contributed by atoms with van der Waals surface area (Å²) in [6.07, 6.45) is -2.43. The summed E-state index contributed by atoms with van der Waals surface area (Å²) in [5.41, 5.74) is -1.55. The molecule has 2 aromatic rings. The van der Waals surface area contributed by atoms with Crippen molar-refractivity contribution in [3.8, 4) is 0 Å². The summed E-state index contributed by atoms with van der Waals surface area (Å²) in [7, 11) is 0. The van der Waals surface area contributed by atoms with Crippen molar-refractivity contribution in [1.82, 2.24) is 9.55 Å². The number of rotatable bonds is 4. The molecule has 3 heterocycles. The predicted molar refractivity (Wildman–Crippen MR) is 85.9 cm³/mol. The Morgan fingerprint density at radius 1 is 1.38 bits per heavy atom. The first kappa shape index (κ1) is 16.7. The summed E-state index contributed by atoms with van der Waals surface area (Å²) in [5.74, 6) is 0. The average Bonchev–Trinajstić information content (AvgIpc) is 3.17. The van der Waals surface area contributed by atoms with Gasteiger partial charge in [0.15, 0.2) is 6.23 Å². The van der Waals surface area contributed by atoms with E-state index in [9.17, 15) is 19.8 Å². The van der Waals surface area contributed by atoms with Crippen LogP contribution in [0, 0.1) is 0 Å². The first-order chi connectivity index (χ1) is 11.5. The molecule has 0 aromatic carbocycles. The molecule has 10 heteroatoms. The van der Waals surface area contributed by atoms with Crippen LogP contribution in [0.25, 0.3) is 0 Å². The van der Waals surface area contributed by atoms with Crippen molar-refractivity contribution in [1.29, 1.82) is 0 Å². The number of nitrogens with one attached hydrogen (secondary N) is 1. The molecule has 4 N–H and O–H groups in total. The van der Waals surface area contributed by atoms with Gasteiger partial charge in [0, 0.05) is 17.3 Å². The molecule has 1 fully saturated rings. The van der Waals surface area contributed by atoms with Gasteiger partial charge >= 0.3 is 5.69 Å². The third-order valence-electron chi connectivity index (χ3n) is 3.61. The highest BCUT2D eigenvalue weighted by Crippen LogP contribution is 2.28. The molecule has 0 spiro atoms. The summed E-state index contributed by atoms with van der Waals surface area (Å²) in [4.78, 5) is 30.8. The molecule has 4 atom stereocenters. The Morgan fingerprint density at radius 2 is 2.17 bits per heavy atom. The summed E-state index contributed by atoms with van der Waals surface area (Å²) in [6, 6.07) is 3.64. The van der Waals surface area contributed by atoms with Crippen molar-refractivity contribution in [2.45, 2.75) is 24.5 Å². The van der Waals surface area contributed by atoms with E-state index in [-0.39, 0.29) is 5.69 Å². The van der Waals surface area contributed by atoms with E-state index < -0.39 is 42.4 Å². The first-order valence-electron chi connectivity index (χ1n) is 7.06. The lowest BCUT2D eigenvalue weighted by molar-refractivity contribution is -0.0549. The van der Waals surface area contributed by atoms with Gasteiger partial charge in [0.25, 0.3) is 5.56 Å². The number of H-pyrrole nitrogens is 1. The number of aliphatic hydroxyl groups is 3. The van der Waals surface area contributed by atoms with Crippen molar-refractivity contribution in [3.63, 3.8) is 0 Å². The minimum absolute atomic E-state index is 0.0549. The summed E-state index contributed by atoms with van der Waals surface area (Å²) in [5, 5.41) is 30.8. The van der Waals surface area contributed by atoms with Gasteiger partial charge in [-0.2, -0.15) is 0 Å². The van der Waals surface area contributed by atoms with Crippen LogP contribution in [0.15, 0.2) is 38.3 Å². The minimum atomic E-state index is -1.43. The number of nitrogens with zero attached hydrogens (tertiary/aromatic N) is 2. The second kappa shape index (κ2) is 6.79. The molecule has 24 heavy (non-hydrogen) atoms. The number of aliphatic hydroxyl groups excluding tert-OH is 3. The van der Waals surface area contributed by atoms with Crippen molar-refractivity contribution >= 4 is 23.2 Å². The van der Waals surface area contributed by atoms with Crippen molar-refractivity contribution in [2.24, 2.45) is 4.99 Å². The van der Waals surface area contributed by atoms with Gasteiger partial charge in [-0.1, -0.05) is 6.07 Å². The van der Waals surface area contributed by atoms with E-state index in [1.165, 1.54) is 17.6 Å². The molecule has 4 unspecified atom stereocenters. The maximum Gasteiger partial charge on any atom is 0.330 e. The summed E-state index contributed by atoms with van der Waals surface area (Å²) < 4.78 is 6.22. The topological polar surface area (TPSA) is 137 Å². The second-order valence-electron chi connectivity index (χ2n) is 5.18. The van der Waals surface area contributed by atoms with Gasteiger partial charge in [-0.3, -0.25) is 14.3 Å². The van der Waals surface area contributed by atoms with Crippen LogP contribution in [0.2, 0.25) is 0 Å². The number of aromatic nitrogens is 2. The van der Waals surface area contributed by atoms with E-state index in [1.54, 1.807) is 0 Å². The molecule has 1 aliphatic heterocycles. The Kier molecular flexibility index (Phi) is 4.73. The quantitative estimate of drug-likeness (QED) is 0.518. The molecule has 1 saturated heterocycles. The molecular formula is C14H15N3O6S. The van der Waals surface area contributed by atoms with Crippen molar-refractivity contribution in [2.75, 3.05) is 6.61 Å². The number of hydrogen-bond donors (Lipinski definition) is 4. The molecule has 3 rings (SSSR count). The highest BCUT2D eigenvalue weighted by atomic mass is 32.1. The fraction of sp³-hybridized carbons (Fsp3) is 0.357. The average molecular weight is 353 g/mol. The zero-order valence-electron chi connectivity index (χ0n) is 12.3. The van der Waals surface area contributed by atoms with Gasteiger partial charge in [-0.15, -0.1) is 11.3 Å². The zero-order valence-corrected chi connectivity index (χ0v) is 13.1. The normalized spacial score (nSPS) is 27.1. The standard InChI is InChI=1S/C14H15N3O6S/c18-6-9-10(19)11(20)13(23-9)17-5-8(12(21)16-14(17)22)15-4-7-2-1-3-24-7/h1-5,9-11,13,18-20H,6H2,(H,16,21,22). The van der Waals surface area contributed by atoms with Crippen LogP contribution in [0.4, 0.5) is 5.69 Å². The molecular weight excluding hydrogens is 338 g/mol. The van der Waals surface area contributed by atoms with E-state index in [0.29, 0.717) is 0 Å². The van der Waals surface area contributed by atoms with E-state index in [0.717, 1.165) is 15.6 Å². The van der Waals surface area contributed by atoms with Crippen LogP contribution in [0.1, 0.15) is 11.1 Å². The van der Waals surface area contributed by atoms with Gasteiger partial charge in [0.2, 0.25) is 0 Å². The van der Waals surface area contributed by atoms with Crippen LogP contribution in [0.3, 0.4) is 0 Å². The fourth-order valence-corrected chi connectivity index (χ4v) is 2.95. The summed E-state index contributed by atoms with van der Waals surface area (Å²) in [6.45, 7) is -0.518. The van der Waals surface area contributed by atoms with Crippen molar-refractivity contribution < 1.29 is 20.1 Å². The van der Waals surface area contributed by atoms with Gasteiger partial charge in [-0.25, -0.2) is 9.79 Å². The predicted octanol–water partition coefficient (Wildman–Crippen LogP) is -1.04. The van der Waals surface area contributed by atoms with Gasteiger partial charge < -0.3 is 20.1 Å². The van der Waals surface area contributed by atoms with Gasteiger partial charge in [-0.05, 0) is 11.4 Å². The molecule has 128 valence electrons. The highest BCUT2D eigenvalue weighted by molar-refractivity contribution is 7.11. The number of aliphatic imine (C=N–C) groups is 1. The minimum Gasteiger partial charge on any atom is -0.394 e. The number of ether oxygens (including phenoxy) is 1. The summed E-state index contributed by atoms with van der Waals surface area (Å²) >= 11 is 1.43. The molecule has 9 nitrogen and oxygen atoms in total. The number of aromatic amines is 1. The monoisotopic (exact) mass is 353 g/mol. The molecule has 2 aromatic heterocycles. The van der Waals surface area contributed by atoms with Crippen LogP contribution in [-0.2, 0) is 4.74 Å². The maximum absolute atomic E-state index is 12.0. The Morgan fingerprint density at radius 3 is 2.79 bits per heavy atom. The molecule has 0 bridgehead atoms. The third-order valence-corrected chi connectivity index (χ3v) is 4.42. The first-order valence-corrected chi connectivity index (χ1v) is 7.94. The second-order valence-corrected chi connectivity index (χ2v) is 6.16. The Balaban J connectivity index is 1.96. The largest absolute Gasteiger partial charge is 0.394 e. The number of thiophene rings is 1. The SMILES string of the molecule is O=c1[nH]c(=O)n(C2OC(CO)C(O)C2O)cc1N=Cc1cccs1. The van der Waals surface area contributed by atoms with Gasteiger partial charge in [0.1, 0.15) is 24.0 Å². The Labute approximate surface area is 139 Å². The fourth-order valence-electron chi connectivity index (χ4n) is 2.36. The maximum atomic E-state index is 12.0. The highest BCUT2D eigenvalue weighted by Gasteiger charge is 2.43. The Hall–Kier alpha value is -2.11. The van der Waals surface area contributed by atoms with Crippen LogP contribution in [-0.4, -0.2) is 56.0 Å².